The molecule has 0 aliphatic heterocycles. The van der Waals surface area contributed by atoms with Crippen molar-refractivity contribution in [2.45, 2.75) is 25.8 Å². The summed E-state index contributed by atoms with van der Waals surface area (Å²) in [7, 11) is 0. The predicted octanol–water partition coefficient (Wildman–Crippen LogP) is 1.04. The number of nitrogens with one attached hydrogen (secondary N) is 2. The second-order valence-electron chi connectivity index (χ2n) is 3.83. The molecule has 0 aromatic carbocycles. The maximum atomic E-state index is 5.27. The summed E-state index contributed by atoms with van der Waals surface area (Å²) in [6, 6.07) is 0.752. The molecule has 0 spiro atoms. The molecule has 1 heterocycles. The van der Waals surface area contributed by atoms with E-state index in [1.165, 1.54) is 12.8 Å². The Morgan fingerprint density at radius 2 is 2.25 bits per heavy atom. The van der Waals surface area contributed by atoms with E-state index < -0.39 is 0 Å². The number of anilines is 1. The number of aromatic nitrogens is 2. The lowest BCUT2D eigenvalue weighted by Gasteiger charge is -2.07. The molecule has 1 aliphatic rings. The van der Waals surface area contributed by atoms with Gasteiger partial charge in [0.2, 0.25) is 5.88 Å². The Morgan fingerprint density at radius 3 is 3.00 bits per heavy atom. The predicted molar refractivity (Wildman–Crippen MR) is 62.7 cm³/mol. The highest BCUT2D eigenvalue weighted by Gasteiger charge is 2.19. The van der Waals surface area contributed by atoms with Gasteiger partial charge in [-0.1, -0.05) is 0 Å². The van der Waals surface area contributed by atoms with Gasteiger partial charge in [0, 0.05) is 19.1 Å². The smallest absolute Gasteiger partial charge is 0.234 e. The highest BCUT2D eigenvalue weighted by atomic mass is 16.5. The van der Waals surface area contributed by atoms with E-state index in [0.29, 0.717) is 12.5 Å². The van der Waals surface area contributed by atoms with Gasteiger partial charge in [0.1, 0.15) is 5.82 Å². The molecule has 16 heavy (non-hydrogen) atoms. The van der Waals surface area contributed by atoms with Crippen LogP contribution in [0.25, 0.3) is 0 Å². The fourth-order valence-corrected chi connectivity index (χ4v) is 1.41. The third-order valence-corrected chi connectivity index (χ3v) is 2.35. The number of ether oxygens (including phenoxy) is 1. The molecule has 5 nitrogen and oxygen atoms in total. The summed E-state index contributed by atoms with van der Waals surface area (Å²) >= 11 is 0. The molecule has 2 rings (SSSR count). The van der Waals surface area contributed by atoms with Crippen molar-refractivity contribution >= 4 is 5.82 Å². The van der Waals surface area contributed by atoms with Crippen LogP contribution in [-0.4, -0.2) is 35.7 Å². The van der Waals surface area contributed by atoms with Crippen molar-refractivity contribution in [2.75, 3.05) is 25.0 Å². The van der Waals surface area contributed by atoms with E-state index in [1.54, 1.807) is 12.4 Å². The average molecular weight is 222 g/mol. The van der Waals surface area contributed by atoms with Crippen molar-refractivity contribution in [2.24, 2.45) is 0 Å². The maximum Gasteiger partial charge on any atom is 0.234 e. The molecule has 1 aliphatic carbocycles. The van der Waals surface area contributed by atoms with E-state index in [9.17, 15) is 0 Å². The number of nitrogens with zero attached hydrogens (tertiary/aromatic N) is 2. The Labute approximate surface area is 95.6 Å². The number of hydrogen-bond donors (Lipinski definition) is 2. The van der Waals surface area contributed by atoms with Crippen molar-refractivity contribution < 1.29 is 4.74 Å². The largest absolute Gasteiger partial charge is 0.477 e. The van der Waals surface area contributed by atoms with Crippen molar-refractivity contribution in [3.8, 4) is 5.88 Å². The average Bonchev–Trinajstić information content (AvgIpc) is 3.09. The Kier molecular flexibility index (Phi) is 3.93. The van der Waals surface area contributed by atoms with E-state index in [4.69, 9.17) is 4.74 Å². The van der Waals surface area contributed by atoms with Crippen LogP contribution in [0.5, 0.6) is 5.88 Å². The Balaban J connectivity index is 1.71. The topological polar surface area (TPSA) is 59.1 Å². The molecule has 1 saturated carbocycles. The zero-order valence-corrected chi connectivity index (χ0v) is 9.57. The summed E-state index contributed by atoms with van der Waals surface area (Å²) in [5, 5.41) is 6.64. The minimum absolute atomic E-state index is 0.572. The molecule has 5 heteroatoms. The first-order valence-electron chi connectivity index (χ1n) is 5.80. The summed E-state index contributed by atoms with van der Waals surface area (Å²) in [5.74, 6) is 1.34. The fourth-order valence-electron chi connectivity index (χ4n) is 1.41. The number of rotatable bonds is 7. The monoisotopic (exact) mass is 222 g/mol. The molecular weight excluding hydrogens is 204 g/mol. The Morgan fingerprint density at radius 1 is 1.38 bits per heavy atom. The summed E-state index contributed by atoms with van der Waals surface area (Å²) < 4.78 is 5.27. The Hall–Kier alpha value is -1.36. The molecule has 0 unspecified atom stereocenters. The van der Waals surface area contributed by atoms with Crippen LogP contribution in [-0.2, 0) is 0 Å². The van der Waals surface area contributed by atoms with Crippen LogP contribution in [0.1, 0.15) is 19.8 Å². The van der Waals surface area contributed by atoms with Crippen LogP contribution in [0.3, 0.4) is 0 Å². The first kappa shape index (κ1) is 11.1. The minimum Gasteiger partial charge on any atom is -0.477 e. The summed E-state index contributed by atoms with van der Waals surface area (Å²) in [6.45, 7) is 4.37. The SMILES string of the molecule is CCOc1cncc(NCCNC2CC2)n1. The molecule has 0 atom stereocenters. The van der Waals surface area contributed by atoms with Crippen LogP contribution < -0.4 is 15.4 Å². The first-order valence-corrected chi connectivity index (χ1v) is 5.80. The Bertz CT molecular complexity index is 328. The quantitative estimate of drug-likeness (QED) is 0.675. The zero-order valence-electron chi connectivity index (χ0n) is 9.57. The van der Waals surface area contributed by atoms with Crippen molar-refractivity contribution in [1.82, 2.24) is 15.3 Å². The molecule has 1 fully saturated rings. The standard InChI is InChI=1S/C11H18N4O/c1-2-16-11-8-12-7-10(15-11)14-6-5-13-9-3-4-9/h7-9,13H,2-6H2,1H3,(H,14,15). The van der Waals surface area contributed by atoms with E-state index in [0.717, 1.165) is 24.9 Å². The molecular formula is C11H18N4O. The van der Waals surface area contributed by atoms with Gasteiger partial charge < -0.3 is 15.4 Å². The normalized spacial score (nSPS) is 14.8. The maximum absolute atomic E-state index is 5.27. The highest BCUT2D eigenvalue weighted by molar-refractivity contribution is 5.33. The second kappa shape index (κ2) is 5.65. The van der Waals surface area contributed by atoms with Gasteiger partial charge in [-0.2, -0.15) is 4.98 Å². The van der Waals surface area contributed by atoms with Gasteiger partial charge in [-0.25, -0.2) is 0 Å². The van der Waals surface area contributed by atoms with Crippen molar-refractivity contribution in [3.63, 3.8) is 0 Å². The second-order valence-corrected chi connectivity index (χ2v) is 3.83. The van der Waals surface area contributed by atoms with Gasteiger partial charge in [0.15, 0.2) is 0 Å². The lowest BCUT2D eigenvalue weighted by molar-refractivity contribution is 0.325. The minimum atomic E-state index is 0.572. The fraction of sp³-hybridized carbons (Fsp3) is 0.636. The molecule has 1 aromatic rings. The molecule has 1 aromatic heterocycles. The summed E-state index contributed by atoms with van der Waals surface area (Å²) in [5.41, 5.74) is 0. The van der Waals surface area contributed by atoms with Gasteiger partial charge in [-0.3, -0.25) is 4.98 Å². The molecule has 2 N–H and O–H groups in total. The lowest BCUT2D eigenvalue weighted by Crippen LogP contribution is -2.24. The highest BCUT2D eigenvalue weighted by Crippen LogP contribution is 2.17. The molecule has 0 bridgehead atoms. The van der Waals surface area contributed by atoms with E-state index in [1.807, 2.05) is 6.92 Å². The van der Waals surface area contributed by atoms with E-state index >= 15 is 0 Å². The van der Waals surface area contributed by atoms with Crippen LogP contribution >= 0.6 is 0 Å². The summed E-state index contributed by atoms with van der Waals surface area (Å²) in [6.07, 6.45) is 5.97. The van der Waals surface area contributed by atoms with Crippen LogP contribution in [0, 0.1) is 0 Å². The molecule has 0 saturated heterocycles. The molecule has 88 valence electrons. The van der Waals surface area contributed by atoms with Crippen molar-refractivity contribution in [3.05, 3.63) is 12.4 Å². The van der Waals surface area contributed by atoms with Gasteiger partial charge in [0.05, 0.1) is 19.0 Å². The van der Waals surface area contributed by atoms with E-state index in [2.05, 4.69) is 20.6 Å². The first-order chi connectivity index (χ1) is 7.88. The van der Waals surface area contributed by atoms with Gasteiger partial charge in [-0.05, 0) is 19.8 Å². The zero-order chi connectivity index (χ0) is 11.2. The van der Waals surface area contributed by atoms with Crippen molar-refractivity contribution in [1.29, 1.82) is 0 Å². The third-order valence-electron chi connectivity index (χ3n) is 2.35. The molecule has 0 radical (unpaired) electrons. The number of hydrogen-bond acceptors (Lipinski definition) is 5. The molecule has 0 amide bonds. The van der Waals surface area contributed by atoms with E-state index in [-0.39, 0.29) is 0 Å². The van der Waals surface area contributed by atoms with Crippen LogP contribution in [0.4, 0.5) is 5.82 Å². The van der Waals surface area contributed by atoms with Crippen LogP contribution in [0.2, 0.25) is 0 Å². The third kappa shape index (κ3) is 3.66. The summed E-state index contributed by atoms with van der Waals surface area (Å²) in [4.78, 5) is 8.33. The van der Waals surface area contributed by atoms with Crippen LogP contribution in [0.15, 0.2) is 12.4 Å². The lowest BCUT2D eigenvalue weighted by atomic mass is 10.5. The van der Waals surface area contributed by atoms with Gasteiger partial charge in [-0.15, -0.1) is 0 Å². The van der Waals surface area contributed by atoms with Gasteiger partial charge in [0.25, 0.3) is 0 Å². The van der Waals surface area contributed by atoms with Gasteiger partial charge >= 0.3 is 0 Å².